The van der Waals surface area contributed by atoms with Gasteiger partial charge in [0.05, 0.1) is 5.52 Å². The highest BCUT2D eigenvalue weighted by atomic mass is 15.2. The van der Waals surface area contributed by atoms with Crippen LogP contribution in [0, 0.1) is 11.3 Å². The summed E-state index contributed by atoms with van der Waals surface area (Å²) in [4.78, 5) is 4.44. The maximum Gasteiger partial charge on any atom is 0.243 e. The highest BCUT2D eigenvalue weighted by Gasteiger charge is 2.45. The molecule has 1 aliphatic rings. The van der Waals surface area contributed by atoms with Crippen LogP contribution in [0.25, 0.3) is 11.0 Å². The Labute approximate surface area is 100 Å². The second kappa shape index (κ2) is 3.65. The number of nitrogens with zero attached hydrogens (tertiary/aromatic N) is 3. The van der Waals surface area contributed by atoms with Crippen molar-refractivity contribution in [2.45, 2.75) is 20.3 Å². The molecule has 3 rings (SSSR count). The first kappa shape index (κ1) is 10.4. The molecule has 1 heterocycles. The van der Waals surface area contributed by atoms with Crippen LogP contribution in [-0.4, -0.2) is 21.7 Å². The zero-order valence-electron chi connectivity index (χ0n) is 10.1. The number of para-hydroxylation sites is 1. The molecule has 1 unspecified atom stereocenters. The number of aromatic nitrogens is 3. The molecule has 0 bridgehead atoms. The van der Waals surface area contributed by atoms with Crippen LogP contribution in [0.2, 0.25) is 0 Å². The summed E-state index contributed by atoms with van der Waals surface area (Å²) in [5.74, 6) is 1.36. The van der Waals surface area contributed by atoms with E-state index < -0.39 is 0 Å². The Bertz CT molecular complexity index is 550. The van der Waals surface area contributed by atoms with Gasteiger partial charge >= 0.3 is 0 Å². The molecule has 1 fully saturated rings. The molecule has 0 aliphatic heterocycles. The summed E-state index contributed by atoms with van der Waals surface area (Å²) >= 11 is 0. The Morgan fingerprint density at radius 1 is 1.24 bits per heavy atom. The molecule has 0 radical (unpaired) electrons. The van der Waals surface area contributed by atoms with E-state index in [4.69, 9.17) is 0 Å². The summed E-state index contributed by atoms with van der Waals surface area (Å²) in [6.45, 7) is 5.52. The monoisotopic (exact) mass is 228 g/mol. The lowest BCUT2D eigenvalue weighted by molar-refractivity contribution is 0.572. The van der Waals surface area contributed by atoms with Crippen molar-refractivity contribution in [1.29, 1.82) is 0 Å². The third-order valence-electron chi connectivity index (χ3n) is 3.58. The first-order valence-electron chi connectivity index (χ1n) is 5.98. The Kier molecular flexibility index (Phi) is 2.24. The van der Waals surface area contributed by atoms with Crippen molar-refractivity contribution in [2.24, 2.45) is 11.3 Å². The number of anilines is 1. The highest BCUT2D eigenvalue weighted by molar-refractivity contribution is 5.73. The summed E-state index contributed by atoms with van der Waals surface area (Å²) in [6, 6.07) is 7.78. The molecule has 1 N–H and O–H groups in total. The topological polar surface area (TPSA) is 50.7 Å². The number of benzene rings is 1. The lowest BCUT2D eigenvalue weighted by Gasteiger charge is -2.05. The van der Waals surface area contributed by atoms with Gasteiger partial charge in [-0.1, -0.05) is 26.0 Å². The molecule has 1 aromatic heterocycles. The highest BCUT2D eigenvalue weighted by Crippen LogP contribution is 2.51. The average molecular weight is 228 g/mol. The Hall–Kier alpha value is -1.71. The molecule has 88 valence electrons. The standard InChI is InChI=1S/C13H16N4/c1-13(2)7-9(13)8-14-12-15-10-5-3-4-6-11(10)16-17-12/h3-6,9H,7-8H2,1-2H3,(H,14,15,17). The van der Waals surface area contributed by atoms with E-state index in [0.29, 0.717) is 11.4 Å². The summed E-state index contributed by atoms with van der Waals surface area (Å²) in [7, 11) is 0. The number of rotatable bonds is 3. The summed E-state index contributed by atoms with van der Waals surface area (Å²) in [6.07, 6.45) is 1.28. The fraction of sp³-hybridized carbons (Fsp3) is 0.462. The Morgan fingerprint density at radius 2 is 1.94 bits per heavy atom. The van der Waals surface area contributed by atoms with Crippen molar-refractivity contribution in [1.82, 2.24) is 15.2 Å². The molecule has 1 atom stereocenters. The van der Waals surface area contributed by atoms with Crippen LogP contribution in [0.3, 0.4) is 0 Å². The van der Waals surface area contributed by atoms with Crippen molar-refractivity contribution < 1.29 is 0 Å². The van der Waals surface area contributed by atoms with E-state index in [1.807, 2.05) is 24.3 Å². The molecule has 2 aromatic rings. The van der Waals surface area contributed by atoms with Crippen LogP contribution in [0.5, 0.6) is 0 Å². The maximum atomic E-state index is 4.44. The van der Waals surface area contributed by atoms with Crippen LogP contribution in [0.1, 0.15) is 20.3 Å². The van der Waals surface area contributed by atoms with E-state index in [9.17, 15) is 0 Å². The van der Waals surface area contributed by atoms with Crippen LogP contribution in [0.15, 0.2) is 24.3 Å². The normalized spacial score (nSPS) is 21.4. The predicted molar refractivity (Wildman–Crippen MR) is 67.7 cm³/mol. The van der Waals surface area contributed by atoms with E-state index in [0.717, 1.165) is 23.5 Å². The van der Waals surface area contributed by atoms with Gasteiger partial charge in [0.25, 0.3) is 0 Å². The fourth-order valence-corrected chi connectivity index (χ4v) is 2.09. The van der Waals surface area contributed by atoms with Gasteiger partial charge < -0.3 is 5.32 Å². The van der Waals surface area contributed by atoms with E-state index in [-0.39, 0.29) is 0 Å². The Morgan fingerprint density at radius 3 is 2.65 bits per heavy atom. The molecular weight excluding hydrogens is 212 g/mol. The van der Waals surface area contributed by atoms with Gasteiger partial charge in [-0.3, -0.25) is 0 Å². The van der Waals surface area contributed by atoms with Gasteiger partial charge in [0.15, 0.2) is 0 Å². The van der Waals surface area contributed by atoms with Gasteiger partial charge in [-0.2, -0.15) is 0 Å². The van der Waals surface area contributed by atoms with Gasteiger partial charge in [-0.05, 0) is 29.9 Å². The van der Waals surface area contributed by atoms with Gasteiger partial charge in [0, 0.05) is 6.54 Å². The Balaban J connectivity index is 1.73. The van der Waals surface area contributed by atoms with E-state index in [1.165, 1.54) is 6.42 Å². The lowest BCUT2D eigenvalue weighted by Crippen LogP contribution is -2.10. The lowest BCUT2D eigenvalue weighted by atomic mass is 10.1. The molecule has 0 spiro atoms. The maximum absolute atomic E-state index is 4.44. The summed E-state index contributed by atoms with van der Waals surface area (Å²) in [5.41, 5.74) is 2.21. The van der Waals surface area contributed by atoms with Crippen LogP contribution < -0.4 is 5.32 Å². The van der Waals surface area contributed by atoms with Gasteiger partial charge in [0.2, 0.25) is 5.95 Å². The first-order valence-corrected chi connectivity index (χ1v) is 5.98. The minimum atomic E-state index is 0.483. The zero-order chi connectivity index (χ0) is 11.9. The van der Waals surface area contributed by atoms with Crippen molar-refractivity contribution in [3.05, 3.63) is 24.3 Å². The largest absolute Gasteiger partial charge is 0.353 e. The molecule has 4 nitrogen and oxygen atoms in total. The molecule has 1 aliphatic carbocycles. The van der Waals surface area contributed by atoms with Crippen molar-refractivity contribution in [2.75, 3.05) is 11.9 Å². The SMILES string of the molecule is CC1(C)CC1CNc1nnc2ccccc2n1. The van der Waals surface area contributed by atoms with Crippen molar-refractivity contribution >= 4 is 17.0 Å². The number of fused-ring (bicyclic) bond motifs is 1. The molecule has 4 heteroatoms. The molecule has 17 heavy (non-hydrogen) atoms. The van der Waals surface area contributed by atoms with E-state index in [1.54, 1.807) is 0 Å². The number of hydrogen-bond donors (Lipinski definition) is 1. The average Bonchev–Trinajstić information content (AvgIpc) is 2.94. The second-order valence-corrected chi connectivity index (χ2v) is 5.39. The van der Waals surface area contributed by atoms with Crippen molar-refractivity contribution in [3.63, 3.8) is 0 Å². The second-order valence-electron chi connectivity index (χ2n) is 5.39. The zero-order valence-corrected chi connectivity index (χ0v) is 10.1. The van der Waals surface area contributed by atoms with Crippen LogP contribution in [0.4, 0.5) is 5.95 Å². The van der Waals surface area contributed by atoms with Gasteiger partial charge in [0.1, 0.15) is 5.52 Å². The minimum absolute atomic E-state index is 0.483. The molecule has 0 amide bonds. The third kappa shape index (κ3) is 2.07. The van der Waals surface area contributed by atoms with Crippen LogP contribution in [-0.2, 0) is 0 Å². The first-order chi connectivity index (χ1) is 8.15. The van der Waals surface area contributed by atoms with Crippen LogP contribution >= 0.6 is 0 Å². The smallest absolute Gasteiger partial charge is 0.243 e. The molecular formula is C13H16N4. The predicted octanol–water partition coefficient (Wildman–Crippen LogP) is 2.48. The summed E-state index contributed by atoms with van der Waals surface area (Å²) in [5, 5.41) is 11.5. The van der Waals surface area contributed by atoms with E-state index >= 15 is 0 Å². The fourth-order valence-electron chi connectivity index (χ4n) is 2.09. The summed E-state index contributed by atoms with van der Waals surface area (Å²) < 4.78 is 0. The number of nitrogens with one attached hydrogen (secondary N) is 1. The molecule has 1 saturated carbocycles. The number of hydrogen-bond acceptors (Lipinski definition) is 4. The quantitative estimate of drug-likeness (QED) is 0.876. The molecule has 0 saturated heterocycles. The van der Waals surface area contributed by atoms with E-state index in [2.05, 4.69) is 34.3 Å². The minimum Gasteiger partial charge on any atom is -0.353 e. The van der Waals surface area contributed by atoms with Crippen molar-refractivity contribution in [3.8, 4) is 0 Å². The van der Waals surface area contributed by atoms with Gasteiger partial charge in [-0.25, -0.2) is 4.98 Å². The van der Waals surface area contributed by atoms with Gasteiger partial charge in [-0.15, -0.1) is 10.2 Å². The molecule has 1 aromatic carbocycles. The third-order valence-corrected chi connectivity index (χ3v) is 3.58.